The summed E-state index contributed by atoms with van der Waals surface area (Å²) in [6.07, 6.45) is 2.20. The smallest absolute Gasteiger partial charge is 0.222 e. The molecule has 1 aliphatic rings. The molecule has 1 amide bonds. The average molecular weight is 439 g/mol. The van der Waals surface area contributed by atoms with Crippen molar-refractivity contribution < 1.29 is 23.4 Å². The summed E-state index contributed by atoms with van der Waals surface area (Å²) in [5.41, 5.74) is -0.342. The van der Waals surface area contributed by atoms with Gasteiger partial charge in [0, 0.05) is 32.0 Å². The van der Waals surface area contributed by atoms with Gasteiger partial charge in [0.1, 0.15) is 23.0 Å². The van der Waals surface area contributed by atoms with Crippen LogP contribution in [0.5, 0.6) is 5.75 Å². The molecule has 1 atom stereocenters. The van der Waals surface area contributed by atoms with Crippen molar-refractivity contribution in [1.82, 2.24) is 9.88 Å². The fourth-order valence-corrected chi connectivity index (χ4v) is 4.66. The summed E-state index contributed by atoms with van der Waals surface area (Å²) in [4.78, 5) is 19.6. The van der Waals surface area contributed by atoms with E-state index in [1.165, 1.54) is 17.4 Å². The summed E-state index contributed by atoms with van der Waals surface area (Å²) < 4.78 is 32.0. The highest BCUT2D eigenvalue weighted by Gasteiger charge is 2.36. The van der Waals surface area contributed by atoms with E-state index >= 15 is 0 Å². The number of rotatable bonds is 6. The summed E-state index contributed by atoms with van der Waals surface area (Å²) in [5, 5.41) is 11.9. The molecule has 1 aliphatic heterocycles. The zero-order chi connectivity index (χ0) is 21.9. The van der Waals surface area contributed by atoms with Crippen LogP contribution in [-0.2, 0) is 17.0 Å². The summed E-state index contributed by atoms with van der Waals surface area (Å²) in [6.45, 7) is 7.18. The van der Waals surface area contributed by atoms with E-state index in [0.29, 0.717) is 49.7 Å². The molecule has 2 aromatic rings. The Balaban J connectivity index is 1.67. The van der Waals surface area contributed by atoms with Crippen molar-refractivity contribution in [3.8, 4) is 5.75 Å². The number of ether oxygens (including phenoxy) is 1. The molecule has 1 aromatic carbocycles. The fraction of sp³-hybridized carbons (Fsp3) is 0.545. The number of carbonyl (C=O) groups excluding carboxylic acids is 1. The van der Waals surface area contributed by atoms with E-state index in [-0.39, 0.29) is 18.3 Å². The Morgan fingerprint density at radius 3 is 2.77 bits per heavy atom. The molecule has 0 spiro atoms. The minimum absolute atomic E-state index is 0.130. The molecule has 0 unspecified atom stereocenters. The Morgan fingerprint density at radius 1 is 1.30 bits per heavy atom. The van der Waals surface area contributed by atoms with Gasteiger partial charge in [0.05, 0.1) is 10.6 Å². The van der Waals surface area contributed by atoms with Crippen molar-refractivity contribution in [2.75, 3.05) is 13.1 Å². The van der Waals surface area contributed by atoms with Gasteiger partial charge in [-0.25, -0.2) is 13.8 Å². The first-order valence-electron chi connectivity index (χ1n) is 10.2. The third kappa shape index (κ3) is 5.35. The van der Waals surface area contributed by atoms with Crippen molar-refractivity contribution in [2.24, 2.45) is 5.92 Å². The van der Waals surface area contributed by atoms with Crippen molar-refractivity contribution in [3.63, 3.8) is 0 Å². The molecule has 1 fully saturated rings. The number of hydrogen-bond acceptors (Lipinski definition) is 5. The van der Waals surface area contributed by atoms with Crippen LogP contribution in [0.3, 0.4) is 0 Å². The van der Waals surface area contributed by atoms with Crippen molar-refractivity contribution in [1.29, 1.82) is 0 Å². The maximum Gasteiger partial charge on any atom is 0.222 e. The number of nitrogens with zero attached hydrogens (tertiary/aromatic N) is 2. The Labute approximate surface area is 179 Å². The molecular weight excluding hydrogens is 410 g/mol. The second-order valence-electron chi connectivity index (χ2n) is 8.26. The van der Waals surface area contributed by atoms with E-state index in [1.54, 1.807) is 0 Å². The van der Waals surface area contributed by atoms with Crippen LogP contribution in [0.1, 0.15) is 55.1 Å². The molecular formula is C22H28F2N2O3S. The van der Waals surface area contributed by atoms with E-state index in [4.69, 9.17) is 4.74 Å². The molecule has 3 rings (SSSR count). The standard InChI is InChI=1S/C22H28F2N2O3S/c1-14(2)11-20(27)26-9-4-7-22(28,8-10-26)21-25-15(3)19(30-21)13-29-16-5-6-17(23)18(24)12-16/h5-6,12,14,28H,4,7-11,13H2,1-3H3/t22-/m1/s1. The van der Waals surface area contributed by atoms with Gasteiger partial charge in [0.2, 0.25) is 5.91 Å². The molecule has 164 valence electrons. The predicted octanol–water partition coefficient (Wildman–Crippen LogP) is 4.55. The number of hydrogen-bond donors (Lipinski definition) is 1. The number of aliphatic hydroxyl groups is 1. The van der Waals surface area contributed by atoms with Crippen molar-refractivity contribution in [3.05, 3.63) is 45.4 Å². The Kier molecular flexibility index (Phi) is 7.08. The maximum atomic E-state index is 13.4. The number of aromatic nitrogens is 1. The second kappa shape index (κ2) is 9.39. The van der Waals surface area contributed by atoms with E-state index in [0.717, 1.165) is 22.7 Å². The molecule has 8 heteroatoms. The van der Waals surface area contributed by atoms with Gasteiger partial charge in [-0.1, -0.05) is 13.8 Å². The van der Waals surface area contributed by atoms with Crippen LogP contribution in [0.4, 0.5) is 8.78 Å². The van der Waals surface area contributed by atoms with E-state index in [9.17, 15) is 18.7 Å². The van der Waals surface area contributed by atoms with Crippen LogP contribution in [0.25, 0.3) is 0 Å². The lowest BCUT2D eigenvalue weighted by Gasteiger charge is -2.25. The normalized spacial score (nSPS) is 19.8. The summed E-state index contributed by atoms with van der Waals surface area (Å²) >= 11 is 1.36. The van der Waals surface area contributed by atoms with E-state index in [2.05, 4.69) is 4.98 Å². The third-order valence-corrected chi connectivity index (χ3v) is 6.63. The quantitative estimate of drug-likeness (QED) is 0.719. The van der Waals surface area contributed by atoms with Gasteiger partial charge < -0.3 is 14.7 Å². The van der Waals surface area contributed by atoms with Gasteiger partial charge in [-0.2, -0.15) is 0 Å². The topological polar surface area (TPSA) is 62.7 Å². The predicted molar refractivity (Wildman–Crippen MR) is 111 cm³/mol. The molecule has 1 aromatic heterocycles. The second-order valence-corrected chi connectivity index (χ2v) is 9.34. The number of carbonyl (C=O) groups is 1. The molecule has 0 aliphatic carbocycles. The molecule has 0 radical (unpaired) electrons. The van der Waals surface area contributed by atoms with Crippen LogP contribution in [0, 0.1) is 24.5 Å². The highest BCUT2D eigenvalue weighted by atomic mass is 32.1. The molecule has 1 saturated heterocycles. The maximum absolute atomic E-state index is 13.4. The Hall–Kier alpha value is -2.06. The number of amides is 1. The summed E-state index contributed by atoms with van der Waals surface area (Å²) in [6, 6.07) is 3.40. The molecule has 0 bridgehead atoms. The summed E-state index contributed by atoms with van der Waals surface area (Å²) in [7, 11) is 0. The lowest BCUT2D eigenvalue weighted by atomic mass is 9.96. The van der Waals surface area contributed by atoms with Gasteiger partial charge >= 0.3 is 0 Å². The van der Waals surface area contributed by atoms with Crippen molar-refractivity contribution >= 4 is 17.2 Å². The lowest BCUT2D eigenvalue weighted by Crippen LogP contribution is -2.34. The highest BCUT2D eigenvalue weighted by Crippen LogP contribution is 2.37. The van der Waals surface area contributed by atoms with Crippen LogP contribution in [0.2, 0.25) is 0 Å². The van der Waals surface area contributed by atoms with Crippen molar-refractivity contribution in [2.45, 2.75) is 58.7 Å². The number of halogens is 2. The molecule has 0 saturated carbocycles. The third-order valence-electron chi connectivity index (χ3n) is 5.30. The minimum Gasteiger partial charge on any atom is -0.488 e. The first-order valence-corrected chi connectivity index (χ1v) is 11.0. The number of thiazole rings is 1. The van der Waals surface area contributed by atoms with Gasteiger partial charge in [-0.15, -0.1) is 11.3 Å². The first-order chi connectivity index (χ1) is 14.2. The van der Waals surface area contributed by atoms with E-state index < -0.39 is 17.2 Å². The SMILES string of the molecule is Cc1nc([C@@]2(O)CCCN(C(=O)CC(C)C)CC2)sc1COc1ccc(F)c(F)c1. The van der Waals surface area contributed by atoms with Gasteiger partial charge in [0.25, 0.3) is 0 Å². The molecule has 5 nitrogen and oxygen atoms in total. The summed E-state index contributed by atoms with van der Waals surface area (Å²) in [5.74, 6) is -1.21. The largest absolute Gasteiger partial charge is 0.488 e. The Morgan fingerprint density at radius 2 is 2.07 bits per heavy atom. The highest BCUT2D eigenvalue weighted by molar-refractivity contribution is 7.11. The van der Waals surface area contributed by atoms with Crippen LogP contribution >= 0.6 is 11.3 Å². The van der Waals surface area contributed by atoms with Crippen LogP contribution in [0.15, 0.2) is 18.2 Å². The minimum atomic E-state index is -1.08. The van der Waals surface area contributed by atoms with Gasteiger partial charge in [0.15, 0.2) is 11.6 Å². The Bertz CT molecular complexity index is 903. The molecule has 2 heterocycles. The van der Waals surface area contributed by atoms with E-state index in [1.807, 2.05) is 25.7 Å². The zero-order valence-corrected chi connectivity index (χ0v) is 18.4. The average Bonchev–Trinajstić information content (AvgIpc) is 2.93. The number of aryl methyl sites for hydroxylation is 1. The lowest BCUT2D eigenvalue weighted by molar-refractivity contribution is -0.132. The zero-order valence-electron chi connectivity index (χ0n) is 17.6. The number of benzene rings is 1. The fourth-order valence-electron chi connectivity index (χ4n) is 3.54. The monoisotopic (exact) mass is 438 g/mol. The molecule has 1 N–H and O–H groups in total. The molecule has 30 heavy (non-hydrogen) atoms. The van der Waals surface area contributed by atoms with Crippen LogP contribution in [-0.4, -0.2) is 34.0 Å². The first kappa shape index (κ1) is 22.6. The van der Waals surface area contributed by atoms with Gasteiger partial charge in [-0.3, -0.25) is 4.79 Å². The number of likely N-dealkylation sites (tertiary alicyclic amines) is 1. The van der Waals surface area contributed by atoms with Gasteiger partial charge in [-0.05, 0) is 37.8 Å². The van der Waals surface area contributed by atoms with Crippen LogP contribution < -0.4 is 4.74 Å².